The highest BCUT2D eigenvalue weighted by Gasteiger charge is 2.05. The third-order valence-electron chi connectivity index (χ3n) is 1.71. The molecule has 72 valence electrons. The summed E-state index contributed by atoms with van der Waals surface area (Å²) >= 11 is 5.53. The zero-order chi connectivity index (χ0) is 9.80. The van der Waals surface area contributed by atoms with Crippen molar-refractivity contribution in [3.63, 3.8) is 0 Å². The fourth-order valence-corrected chi connectivity index (χ4v) is 1.21. The van der Waals surface area contributed by atoms with Gasteiger partial charge in [-0.3, -0.25) is 4.98 Å². The van der Waals surface area contributed by atoms with E-state index in [1.165, 1.54) is 0 Å². The first-order valence-electron chi connectivity index (χ1n) is 4.15. The van der Waals surface area contributed by atoms with E-state index in [1.54, 1.807) is 12.4 Å². The van der Waals surface area contributed by atoms with Crippen LogP contribution in [0.5, 0.6) is 0 Å². The Morgan fingerprint density at radius 2 is 2.36 bits per heavy atom. The fourth-order valence-electron chi connectivity index (χ4n) is 1.10. The Labute approximate surface area is 85.9 Å². The van der Waals surface area contributed by atoms with Crippen molar-refractivity contribution < 1.29 is 4.52 Å². The summed E-state index contributed by atoms with van der Waals surface area (Å²) in [5.74, 6) is 1.33. The Hall–Kier alpha value is -1.42. The first-order valence-corrected chi connectivity index (χ1v) is 4.68. The normalized spacial score (nSPS) is 10.4. The smallest absolute Gasteiger partial charge is 0.241 e. The number of pyridine rings is 1. The van der Waals surface area contributed by atoms with Crippen LogP contribution in [-0.2, 0) is 12.3 Å². The van der Waals surface area contributed by atoms with Crippen LogP contribution >= 0.6 is 11.6 Å². The van der Waals surface area contributed by atoms with E-state index < -0.39 is 0 Å². The van der Waals surface area contributed by atoms with Crippen LogP contribution in [0.25, 0.3) is 0 Å². The van der Waals surface area contributed by atoms with Crippen LogP contribution in [0.2, 0.25) is 0 Å². The summed E-state index contributed by atoms with van der Waals surface area (Å²) in [5, 5.41) is 3.78. The van der Waals surface area contributed by atoms with Crippen molar-refractivity contribution in [2.24, 2.45) is 0 Å². The second kappa shape index (κ2) is 4.19. The van der Waals surface area contributed by atoms with Crippen LogP contribution in [-0.4, -0.2) is 15.1 Å². The lowest BCUT2D eigenvalue weighted by Gasteiger charge is -1.92. The van der Waals surface area contributed by atoms with Gasteiger partial charge in [-0.05, 0) is 11.6 Å². The first kappa shape index (κ1) is 9.15. The molecule has 0 unspecified atom stereocenters. The predicted octanol–water partition coefficient (Wildman–Crippen LogP) is 1.79. The number of alkyl halides is 1. The maximum absolute atomic E-state index is 5.53. The van der Waals surface area contributed by atoms with Crippen molar-refractivity contribution in [2.75, 3.05) is 0 Å². The van der Waals surface area contributed by atoms with Crippen LogP contribution in [0.3, 0.4) is 0 Å². The highest BCUT2D eigenvalue weighted by atomic mass is 35.5. The number of hydrogen-bond acceptors (Lipinski definition) is 4. The lowest BCUT2D eigenvalue weighted by molar-refractivity contribution is 0.385. The van der Waals surface area contributed by atoms with Gasteiger partial charge >= 0.3 is 0 Å². The average Bonchev–Trinajstić information content (AvgIpc) is 2.67. The summed E-state index contributed by atoms with van der Waals surface area (Å²) in [7, 11) is 0. The Bertz CT molecular complexity index is 401. The molecule has 0 spiro atoms. The zero-order valence-electron chi connectivity index (χ0n) is 7.35. The molecule has 14 heavy (non-hydrogen) atoms. The standard InChI is InChI=1S/C9H8ClN3O/c10-5-9-12-8(13-14-9)4-7-2-1-3-11-6-7/h1-3,6H,4-5H2. The first-order chi connectivity index (χ1) is 6.88. The molecule has 0 aromatic carbocycles. The van der Waals surface area contributed by atoms with Gasteiger partial charge in [0, 0.05) is 18.8 Å². The number of rotatable bonds is 3. The molecule has 0 radical (unpaired) electrons. The molecule has 2 rings (SSSR count). The molecule has 0 N–H and O–H groups in total. The van der Waals surface area contributed by atoms with Gasteiger partial charge in [0.15, 0.2) is 5.82 Å². The number of halogens is 1. The quantitative estimate of drug-likeness (QED) is 0.724. The Morgan fingerprint density at radius 1 is 1.43 bits per heavy atom. The van der Waals surface area contributed by atoms with Crippen LogP contribution in [0, 0.1) is 0 Å². The van der Waals surface area contributed by atoms with Crippen molar-refractivity contribution in [2.45, 2.75) is 12.3 Å². The van der Waals surface area contributed by atoms with Crippen molar-refractivity contribution in [1.29, 1.82) is 0 Å². The van der Waals surface area contributed by atoms with E-state index >= 15 is 0 Å². The van der Waals surface area contributed by atoms with Gasteiger partial charge in [-0.2, -0.15) is 4.98 Å². The van der Waals surface area contributed by atoms with Crippen molar-refractivity contribution >= 4 is 11.6 Å². The molecule has 0 aliphatic heterocycles. The molecule has 0 fully saturated rings. The molecule has 0 amide bonds. The Kier molecular flexibility index (Phi) is 2.74. The molecule has 0 saturated heterocycles. The average molecular weight is 210 g/mol. The largest absolute Gasteiger partial charge is 0.338 e. The maximum Gasteiger partial charge on any atom is 0.241 e. The molecule has 0 bridgehead atoms. The highest BCUT2D eigenvalue weighted by molar-refractivity contribution is 6.16. The zero-order valence-corrected chi connectivity index (χ0v) is 8.11. The topological polar surface area (TPSA) is 51.8 Å². The number of aromatic nitrogens is 3. The van der Waals surface area contributed by atoms with Crippen molar-refractivity contribution in [3.8, 4) is 0 Å². The van der Waals surface area contributed by atoms with Gasteiger partial charge in [0.2, 0.25) is 5.89 Å². The van der Waals surface area contributed by atoms with Gasteiger partial charge in [-0.1, -0.05) is 11.2 Å². The Balaban J connectivity index is 2.11. The molecule has 0 saturated carbocycles. The van der Waals surface area contributed by atoms with Gasteiger partial charge in [-0.15, -0.1) is 11.6 Å². The van der Waals surface area contributed by atoms with Crippen LogP contribution < -0.4 is 0 Å². The molecule has 2 heterocycles. The molecule has 2 aromatic heterocycles. The van der Waals surface area contributed by atoms with E-state index in [4.69, 9.17) is 16.1 Å². The SMILES string of the molecule is ClCc1nc(Cc2cccnc2)no1. The van der Waals surface area contributed by atoms with Crippen LogP contribution in [0.1, 0.15) is 17.3 Å². The molecule has 0 aliphatic carbocycles. The third kappa shape index (κ3) is 2.09. The van der Waals surface area contributed by atoms with E-state index in [1.807, 2.05) is 12.1 Å². The maximum atomic E-state index is 5.53. The van der Waals surface area contributed by atoms with E-state index in [2.05, 4.69) is 15.1 Å². The summed E-state index contributed by atoms with van der Waals surface area (Å²) < 4.78 is 4.87. The van der Waals surface area contributed by atoms with E-state index in [0.29, 0.717) is 18.1 Å². The van der Waals surface area contributed by atoms with Crippen LogP contribution in [0.4, 0.5) is 0 Å². The number of nitrogens with zero attached hydrogens (tertiary/aromatic N) is 3. The summed E-state index contributed by atoms with van der Waals surface area (Å²) in [6.45, 7) is 0. The minimum absolute atomic E-state index is 0.250. The van der Waals surface area contributed by atoms with Crippen LogP contribution in [0.15, 0.2) is 29.0 Å². The van der Waals surface area contributed by atoms with Gasteiger partial charge in [0.25, 0.3) is 0 Å². The Morgan fingerprint density at radius 3 is 3.00 bits per heavy atom. The molecule has 0 atom stereocenters. The molecular formula is C9H8ClN3O. The summed E-state index contributed by atoms with van der Waals surface area (Å²) in [6.07, 6.45) is 4.12. The van der Waals surface area contributed by atoms with Gasteiger partial charge < -0.3 is 4.52 Å². The minimum Gasteiger partial charge on any atom is -0.338 e. The number of hydrogen-bond donors (Lipinski definition) is 0. The molecule has 5 heteroatoms. The van der Waals surface area contributed by atoms with Gasteiger partial charge in [0.1, 0.15) is 5.88 Å². The van der Waals surface area contributed by atoms with Gasteiger partial charge in [0.05, 0.1) is 0 Å². The summed E-state index contributed by atoms with van der Waals surface area (Å²) in [4.78, 5) is 8.08. The van der Waals surface area contributed by atoms with E-state index in [0.717, 1.165) is 5.56 Å². The lowest BCUT2D eigenvalue weighted by Crippen LogP contribution is -1.91. The molecule has 2 aromatic rings. The second-order valence-electron chi connectivity index (χ2n) is 2.78. The van der Waals surface area contributed by atoms with Crippen molar-refractivity contribution in [3.05, 3.63) is 41.8 Å². The fraction of sp³-hybridized carbons (Fsp3) is 0.222. The minimum atomic E-state index is 0.250. The van der Waals surface area contributed by atoms with E-state index in [-0.39, 0.29) is 5.88 Å². The lowest BCUT2D eigenvalue weighted by atomic mass is 10.2. The molecule has 4 nitrogen and oxygen atoms in total. The van der Waals surface area contributed by atoms with E-state index in [9.17, 15) is 0 Å². The summed E-state index contributed by atoms with van der Waals surface area (Å²) in [5.41, 5.74) is 1.05. The molecular weight excluding hydrogens is 202 g/mol. The monoisotopic (exact) mass is 209 g/mol. The highest BCUT2D eigenvalue weighted by Crippen LogP contribution is 2.06. The summed E-state index contributed by atoms with van der Waals surface area (Å²) in [6, 6.07) is 3.83. The second-order valence-corrected chi connectivity index (χ2v) is 3.04. The predicted molar refractivity (Wildman–Crippen MR) is 50.9 cm³/mol. The molecule has 0 aliphatic rings. The van der Waals surface area contributed by atoms with Crippen molar-refractivity contribution in [1.82, 2.24) is 15.1 Å². The third-order valence-corrected chi connectivity index (χ3v) is 1.94. The van der Waals surface area contributed by atoms with Gasteiger partial charge in [-0.25, -0.2) is 0 Å².